The Labute approximate surface area is 161 Å². The second-order valence-electron chi connectivity index (χ2n) is 7.40. The Morgan fingerprint density at radius 1 is 1.00 bits per heavy atom. The van der Waals surface area contributed by atoms with Gasteiger partial charge < -0.3 is 14.2 Å². The van der Waals surface area contributed by atoms with Crippen molar-refractivity contribution in [3.05, 3.63) is 65.0 Å². The number of rotatable bonds is 9. The third kappa shape index (κ3) is 7.12. The quantitative estimate of drug-likeness (QED) is 0.491. The van der Waals surface area contributed by atoms with E-state index in [-0.39, 0.29) is 18.0 Å². The second-order valence-corrected chi connectivity index (χ2v) is 7.40. The predicted octanol–water partition coefficient (Wildman–Crippen LogP) is 4.08. The van der Waals surface area contributed by atoms with Crippen LogP contribution in [-0.4, -0.2) is 37.4 Å². The number of esters is 1. The molecular formula is C22H29NO4. The maximum absolute atomic E-state index is 12.1. The predicted molar refractivity (Wildman–Crippen MR) is 105 cm³/mol. The summed E-state index contributed by atoms with van der Waals surface area (Å²) in [6, 6.07) is 11.4. The molecule has 2 rings (SSSR count). The van der Waals surface area contributed by atoms with Crippen molar-refractivity contribution in [2.24, 2.45) is 0 Å². The van der Waals surface area contributed by atoms with Gasteiger partial charge in [0.2, 0.25) is 0 Å². The summed E-state index contributed by atoms with van der Waals surface area (Å²) in [4.78, 5) is 16.3. The van der Waals surface area contributed by atoms with Crippen molar-refractivity contribution in [3.63, 3.8) is 0 Å². The summed E-state index contributed by atoms with van der Waals surface area (Å²) in [7, 11) is 0. The number of aromatic nitrogens is 1. The van der Waals surface area contributed by atoms with Crippen LogP contribution in [0.2, 0.25) is 0 Å². The highest BCUT2D eigenvalue weighted by Crippen LogP contribution is 2.26. The van der Waals surface area contributed by atoms with Gasteiger partial charge in [-0.15, -0.1) is 0 Å². The molecule has 0 atom stereocenters. The molecule has 2 aromatic rings. The van der Waals surface area contributed by atoms with E-state index in [1.807, 2.05) is 43.3 Å². The maximum Gasteiger partial charge on any atom is 0.338 e. The number of hydrogen-bond acceptors (Lipinski definition) is 5. The molecule has 0 saturated carbocycles. The van der Waals surface area contributed by atoms with Gasteiger partial charge in [0.05, 0.1) is 37.7 Å². The minimum Gasteiger partial charge on any atom is -0.460 e. The fourth-order valence-corrected chi connectivity index (χ4v) is 2.79. The zero-order valence-electron chi connectivity index (χ0n) is 16.7. The first kappa shape index (κ1) is 21.1. The van der Waals surface area contributed by atoms with E-state index in [2.05, 4.69) is 25.8 Å². The molecule has 0 amide bonds. The summed E-state index contributed by atoms with van der Waals surface area (Å²) in [6.45, 7) is 10.4. The standard InChI is InChI=1S/C22H29NO4/c1-17-15-18(8-9-20(17)22(2,3)4)21(24)27-14-13-25-11-12-26-16-19-7-5-6-10-23-19/h5-10,15H,11-14,16H2,1-4H3. The second kappa shape index (κ2) is 10.2. The first-order valence-corrected chi connectivity index (χ1v) is 9.21. The zero-order valence-corrected chi connectivity index (χ0v) is 16.7. The van der Waals surface area contributed by atoms with Crippen LogP contribution < -0.4 is 0 Å². The number of nitrogens with zero attached hydrogens (tertiary/aromatic N) is 1. The maximum atomic E-state index is 12.1. The number of carbonyl (C=O) groups excluding carboxylic acids is 1. The zero-order chi connectivity index (χ0) is 19.7. The Bertz CT molecular complexity index is 723. The molecule has 0 saturated heterocycles. The van der Waals surface area contributed by atoms with Gasteiger partial charge in [-0.3, -0.25) is 4.98 Å². The van der Waals surface area contributed by atoms with Gasteiger partial charge in [0.1, 0.15) is 6.61 Å². The molecule has 0 spiro atoms. The average molecular weight is 371 g/mol. The molecule has 5 heteroatoms. The van der Waals surface area contributed by atoms with Gasteiger partial charge in [-0.25, -0.2) is 4.79 Å². The Morgan fingerprint density at radius 2 is 1.74 bits per heavy atom. The number of hydrogen-bond donors (Lipinski definition) is 0. The van der Waals surface area contributed by atoms with Gasteiger partial charge >= 0.3 is 5.97 Å². The van der Waals surface area contributed by atoms with Gasteiger partial charge in [-0.2, -0.15) is 0 Å². The minimum atomic E-state index is -0.325. The third-order valence-electron chi connectivity index (χ3n) is 4.08. The summed E-state index contributed by atoms with van der Waals surface area (Å²) < 4.78 is 16.2. The normalized spacial score (nSPS) is 11.4. The van der Waals surface area contributed by atoms with E-state index in [9.17, 15) is 4.79 Å². The fraction of sp³-hybridized carbons (Fsp3) is 0.455. The van der Waals surface area contributed by atoms with Gasteiger partial charge in [-0.1, -0.05) is 32.9 Å². The van der Waals surface area contributed by atoms with Crippen LogP contribution in [0.25, 0.3) is 0 Å². The van der Waals surface area contributed by atoms with Crippen LogP contribution >= 0.6 is 0 Å². The molecular weight excluding hydrogens is 342 g/mol. The Morgan fingerprint density at radius 3 is 2.41 bits per heavy atom. The first-order chi connectivity index (χ1) is 12.9. The monoisotopic (exact) mass is 371 g/mol. The molecule has 0 fully saturated rings. The molecule has 0 bridgehead atoms. The molecule has 1 heterocycles. The Balaban J connectivity index is 1.61. The lowest BCUT2D eigenvalue weighted by molar-refractivity contribution is 0.0112. The van der Waals surface area contributed by atoms with E-state index < -0.39 is 0 Å². The van der Waals surface area contributed by atoms with Crippen LogP contribution in [0.15, 0.2) is 42.6 Å². The Hall–Kier alpha value is -2.24. The summed E-state index contributed by atoms with van der Waals surface area (Å²) >= 11 is 0. The molecule has 1 aromatic carbocycles. The highest BCUT2D eigenvalue weighted by molar-refractivity contribution is 5.89. The van der Waals surface area contributed by atoms with Gasteiger partial charge in [0.15, 0.2) is 0 Å². The molecule has 27 heavy (non-hydrogen) atoms. The van der Waals surface area contributed by atoms with Gasteiger partial charge in [0, 0.05) is 6.20 Å². The lowest BCUT2D eigenvalue weighted by Gasteiger charge is -2.22. The van der Waals surface area contributed by atoms with E-state index in [0.717, 1.165) is 11.3 Å². The average Bonchev–Trinajstić information content (AvgIpc) is 2.63. The fourth-order valence-electron chi connectivity index (χ4n) is 2.79. The molecule has 5 nitrogen and oxygen atoms in total. The summed E-state index contributed by atoms with van der Waals surface area (Å²) in [6.07, 6.45) is 1.74. The van der Waals surface area contributed by atoms with Crippen molar-refractivity contribution in [3.8, 4) is 0 Å². The topological polar surface area (TPSA) is 57.7 Å². The van der Waals surface area contributed by atoms with E-state index in [1.165, 1.54) is 5.56 Å². The van der Waals surface area contributed by atoms with Crippen molar-refractivity contribution in [1.82, 2.24) is 4.98 Å². The van der Waals surface area contributed by atoms with E-state index >= 15 is 0 Å². The van der Waals surface area contributed by atoms with Crippen LogP contribution in [0, 0.1) is 6.92 Å². The number of aryl methyl sites for hydroxylation is 1. The van der Waals surface area contributed by atoms with Gasteiger partial charge in [0.25, 0.3) is 0 Å². The van der Waals surface area contributed by atoms with Crippen LogP contribution in [0.1, 0.15) is 48.0 Å². The number of carbonyl (C=O) groups is 1. The van der Waals surface area contributed by atoms with E-state index in [0.29, 0.717) is 32.0 Å². The molecule has 0 radical (unpaired) electrons. The van der Waals surface area contributed by atoms with Crippen LogP contribution in [0.5, 0.6) is 0 Å². The minimum absolute atomic E-state index is 0.0546. The number of benzene rings is 1. The lowest BCUT2D eigenvalue weighted by Crippen LogP contribution is -2.15. The first-order valence-electron chi connectivity index (χ1n) is 9.21. The lowest BCUT2D eigenvalue weighted by atomic mass is 9.83. The highest BCUT2D eigenvalue weighted by atomic mass is 16.6. The van der Waals surface area contributed by atoms with Crippen LogP contribution in [-0.2, 0) is 26.2 Å². The molecule has 0 aliphatic rings. The molecule has 1 aromatic heterocycles. The molecule has 0 unspecified atom stereocenters. The van der Waals surface area contributed by atoms with Crippen LogP contribution in [0.3, 0.4) is 0 Å². The number of ether oxygens (including phenoxy) is 3. The largest absolute Gasteiger partial charge is 0.460 e. The summed E-state index contributed by atoms with van der Waals surface area (Å²) in [5, 5.41) is 0. The highest BCUT2D eigenvalue weighted by Gasteiger charge is 2.17. The smallest absolute Gasteiger partial charge is 0.338 e. The Kier molecular flexibility index (Phi) is 7.95. The van der Waals surface area contributed by atoms with Gasteiger partial charge in [-0.05, 0) is 47.7 Å². The molecule has 146 valence electrons. The number of pyridine rings is 1. The van der Waals surface area contributed by atoms with E-state index in [4.69, 9.17) is 14.2 Å². The summed E-state index contributed by atoms with van der Waals surface area (Å²) in [5.41, 5.74) is 3.84. The molecule has 0 N–H and O–H groups in total. The van der Waals surface area contributed by atoms with Crippen molar-refractivity contribution in [2.45, 2.75) is 39.7 Å². The third-order valence-corrected chi connectivity index (χ3v) is 4.08. The molecule has 0 aliphatic carbocycles. The summed E-state index contributed by atoms with van der Waals surface area (Å²) in [5.74, 6) is -0.325. The van der Waals surface area contributed by atoms with Crippen molar-refractivity contribution in [1.29, 1.82) is 0 Å². The van der Waals surface area contributed by atoms with Crippen molar-refractivity contribution in [2.75, 3.05) is 26.4 Å². The SMILES string of the molecule is Cc1cc(C(=O)OCCOCCOCc2ccccn2)ccc1C(C)(C)C. The van der Waals surface area contributed by atoms with Crippen molar-refractivity contribution >= 4 is 5.97 Å². The van der Waals surface area contributed by atoms with Crippen LogP contribution in [0.4, 0.5) is 0 Å². The van der Waals surface area contributed by atoms with E-state index in [1.54, 1.807) is 6.20 Å². The van der Waals surface area contributed by atoms with Crippen molar-refractivity contribution < 1.29 is 19.0 Å². The molecule has 0 aliphatic heterocycles.